The van der Waals surface area contributed by atoms with Crippen LogP contribution in [0.25, 0.3) is 0 Å². The zero-order valence-corrected chi connectivity index (χ0v) is 6.71. The molecule has 0 atom stereocenters. The molecule has 1 saturated heterocycles. The van der Waals surface area contributed by atoms with E-state index in [4.69, 9.17) is 5.26 Å². The molecule has 0 aliphatic carbocycles. The third-order valence-corrected chi connectivity index (χ3v) is 3.02. The predicted molar refractivity (Wildman–Crippen MR) is 43.3 cm³/mol. The first-order valence-electron chi connectivity index (χ1n) is 3.42. The second-order valence-corrected chi connectivity index (χ2v) is 3.54. The SMILES string of the molecule is N#Cc1nccn1C1CSC1. The van der Waals surface area contributed by atoms with Gasteiger partial charge in [0.05, 0.1) is 6.04 Å². The van der Waals surface area contributed by atoms with E-state index < -0.39 is 0 Å². The summed E-state index contributed by atoms with van der Waals surface area (Å²) in [6.45, 7) is 0. The fourth-order valence-corrected chi connectivity index (χ4v) is 1.85. The fraction of sp³-hybridized carbons (Fsp3) is 0.429. The first-order chi connectivity index (χ1) is 5.42. The molecule has 0 N–H and O–H groups in total. The molecule has 1 aliphatic heterocycles. The van der Waals surface area contributed by atoms with Gasteiger partial charge in [-0.05, 0) is 0 Å². The van der Waals surface area contributed by atoms with E-state index in [9.17, 15) is 0 Å². The van der Waals surface area contributed by atoms with Gasteiger partial charge in [-0.1, -0.05) is 0 Å². The largest absolute Gasteiger partial charge is 0.318 e. The summed E-state index contributed by atoms with van der Waals surface area (Å²) >= 11 is 1.90. The molecular formula is C7H7N3S. The van der Waals surface area contributed by atoms with Crippen molar-refractivity contribution in [3.63, 3.8) is 0 Å². The van der Waals surface area contributed by atoms with Crippen LogP contribution in [0.1, 0.15) is 11.9 Å². The van der Waals surface area contributed by atoms with Crippen LogP contribution in [0.4, 0.5) is 0 Å². The van der Waals surface area contributed by atoms with Crippen molar-refractivity contribution in [3.05, 3.63) is 18.2 Å². The minimum Gasteiger partial charge on any atom is -0.318 e. The Bertz CT molecular complexity index is 295. The second kappa shape index (κ2) is 2.59. The molecule has 1 fully saturated rings. The van der Waals surface area contributed by atoms with E-state index in [-0.39, 0.29) is 0 Å². The molecule has 0 unspecified atom stereocenters. The van der Waals surface area contributed by atoms with Crippen LogP contribution in [0.2, 0.25) is 0 Å². The monoisotopic (exact) mass is 165 g/mol. The highest BCUT2D eigenvalue weighted by Gasteiger charge is 2.21. The van der Waals surface area contributed by atoms with Crippen LogP contribution in [-0.4, -0.2) is 21.1 Å². The molecule has 1 aromatic rings. The average Bonchev–Trinajstić information content (AvgIpc) is 2.32. The minimum atomic E-state index is 0.511. The molecule has 11 heavy (non-hydrogen) atoms. The van der Waals surface area contributed by atoms with Gasteiger partial charge < -0.3 is 4.57 Å². The van der Waals surface area contributed by atoms with Gasteiger partial charge in [0.2, 0.25) is 5.82 Å². The zero-order valence-electron chi connectivity index (χ0n) is 5.90. The zero-order chi connectivity index (χ0) is 7.68. The van der Waals surface area contributed by atoms with Gasteiger partial charge in [-0.3, -0.25) is 0 Å². The molecule has 3 nitrogen and oxygen atoms in total. The van der Waals surface area contributed by atoms with Crippen LogP contribution in [0.3, 0.4) is 0 Å². The van der Waals surface area contributed by atoms with Crippen LogP contribution < -0.4 is 0 Å². The quantitative estimate of drug-likeness (QED) is 0.624. The lowest BCUT2D eigenvalue weighted by Crippen LogP contribution is -2.23. The molecule has 4 heteroatoms. The van der Waals surface area contributed by atoms with Crippen LogP contribution in [0.5, 0.6) is 0 Å². The highest BCUT2D eigenvalue weighted by atomic mass is 32.2. The average molecular weight is 165 g/mol. The van der Waals surface area contributed by atoms with E-state index in [0.717, 1.165) is 11.5 Å². The van der Waals surface area contributed by atoms with E-state index in [0.29, 0.717) is 11.9 Å². The topological polar surface area (TPSA) is 41.6 Å². The summed E-state index contributed by atoms with van der Waals surface area (Å²) in [5.74, 6) is 2.77. The van der Waals surface area contributed by atoms with E-state index in [1.165, 1.54) is 0 Å². The van der Waals surface area contributed by atoms with Crippen molar-refractivity contribution in [3.8, 4) is 6.07 Å². The van der Waals surface area contributed by atoms with E-state index >= 15 is 0 Å². The Morgan fingerprint density at radius 3 is 3.09 bits per heavy atom. The number of rotatable bonds is 1. The van der Waals surface area contributed by atoms with Crippen LogP contribution in [-0.2, 0) is 0 Å². The van der Waals surface area contributed by atoms with Crippen LogP contribution in [0, 0.1) is 11.3 Å². The molecule has 56 valence electrons. The highest BCUT2D eigenvalue weighted by Crippen LogP contribution is 2.29. The number of imidazole rings is 1. The maximum absolute atomic E-state index is 8.64. The standard InChI is InChI=1S/C7H7N3S/c8-3-7-9-1-2-10(7)6-4-11-5-6/h1-2,6H,4-5H2. The molecule has 0 amide bonds. The summed E-state index contributed by atoms with van der Waals surface area (Å²) in [5, 5.41) is 8.64. The van der Waals surface area contributed by atoms with Crippen molar-refractivity contribution in [1.29, 1.82) is 5.26 Å². The normalized spacial score (nSPS) is 17.4. The van der Waals surface area contributed by atoms with Crippen LogP contribution >= 0.6 is 11.8 Å². The lowest BCUT2D eigenvalue weighted by Gasteiger charge is -2.26. The molecule has 2 heterocycles. The molecule has 0 aromatic carbocycles. The van der Waals surface area contributed by atoms with Crippen molar-refractivity contribution in [1.82, 2.24) is 9.55 Å². The molecule has 0 saturated carbocycles. The summed E-state index contributed by atoms with van der Waals surface area (Å²) in [5.41, 5.74) is 0. The Hall–Kier alpha value is -0.950. The van der Waals surface area contributed by atoms with Crippen molar-refractivity contribution in [2.75, 3.05) is 11.5 Å². The number of aromatic nitrogens is 2. The molecule has 1 aliphatic rings. The van der Waals surface area contributed by atoms with Gasteiger partial charge in [0, 0.05) is 23.9 Å². The molecule has 0 spiro atoms. The number of nitriles is 1. The number of thioether (sulfide) groups is 1. The van der Waals surface area contributed by atoms with Crippen molar-refractivity contribution in [2.24, 2.45) is 0 Å². The Labute approximate surface area is 69.0 Å². The third-order valence-electron chi connectivity index (χ3n) is 1.78. The number of nitrogens with zero attached hydrogens (tertiary/aromatic N) is 3. The third kappa shape index (κ3) is 1.02. The Morgan fingerprint density at radius 2 is 2.55 bits per heavy atom. The summed E-state index contributed by atoms with van der Waals surface area (Å²) in [6.07, 6.45) is 3.56. The van der Waals surface area contributed by atoms with Gasteiger partial charge in [0.1, 0.15) is 6.07 Å². The first-order valence-corrected chi connectivity index (χ1v) is 4.58. The highest BCUT2D eigenvalue weighted by molar-refractivity contribution is 8.00. The minimum absolute atomic E-state index is 0.511. The van der Waals surface area contributed by atoms with Gasteiger partial charge in [0.25, 0.3) is 0 Å². The summed E-state index contributed by atoms with van der Waals surface area (Å²) in [7, 11) is 0. The summed E-state index contributed by atoms with van der Waals surface area (Å²) < 4.78 is 1.95. The Morgan fingerprint density at radius 1 is 1.73 bits per heavy atom. The van der Waals surface area contributed by atoms with E-state index in [1.54, 1.807) is 6.20 Å². The summed E-state index contributed by atoms with van der Waals surface area (Å²) in [6, 6.07) is 2.58. The smallest absolute Gasteiger partial charge is 0.213 e. The lowest BCUT2D eigenvalue weighted by atomic mass is 10.3. The Balaban J connectivity index is 2.29. The fourth-order valence-electron chi connectivity index (χ4n) is 1.08. The van der Waals surface area contributed by atoms with Crippen molar-refractivity contribution in [2.45, 2.75) is 6.04 Å². The molecule has 2 rings (SSSR count). The maximum atomic E-state index is 8.64. The molecular weight excluding hydrogens is 158 g/mol. The lowest BCUT2D eigenvalue weighted by molar-refractivity contribution is 0.585. The second-order valence-electron chi connectivity index (χ2n) is 2.46. The Kier molecular flexibility index (Phi) is 1.59. The van der Waals surface area contributed by atoms with Gasteiger partial charge >= 0.3 is 0 Å². The first kappa shape index (κ1) is 6.74. The number of hydrogen-bond donors (Lipinski definition) is 0. The maximum Gasteiger partial charge on any atom is 0.213 e. The molecule has 0 bridgehead atoms. The van der Waals surface area contributed by atoms with Crippen LogP contribution in [0.15, 0.2) is 12.4 Å². The summed E-state index contributed by atoms with van der Waals surface area (Å²) in [4.78, 5) is 3.93. The molecule has 0 radical (unpaired) electrons. The van der Waals surface area contributed by atoms with Gasteiger partial charge in [-0.2, -0.15) is 17.0 Å². The van der Waals surface area contributed by atoms with Gasteiger partial charge in [-0.25, -0.2) is 4.98 Å². The van der Waals surface area contributed by atoms with E-state index in [2.05, 4.69) is 11.1 Å². The predicted octanol–water partition coefficient (Wildman–Crippen LogP) is 1.04. The molecule has 1 aromatic heterocycles. The van der Waals surface area contributed by atoms with Crippen molar-refractivity contribution >= 4 is 11.8 Å². The van der Waals surface area contributed by atoms with E-state index in [1.807, 2.05) is 22.5 Å². The van der Waals surface area contributed by atoms with Gasteiger partial charge in [-0.15, -0.1) is 0 Å². The number of hydrogen-bond acceptors (Lipinski definition) is 3. The van der Waals surface area contributed by atoms with Gasteiger partial charge in [0.15, 0.2) is 0 Å². The van der Waals surface area contributed by atoms with Crippen molar-refractivity contribution < 1.29 is 0 Å².